The van der Waals surface area contributed by atoms with Gasteiger partial charge < -0.3 is 10.4 Å². The van der Waals surface area contributed by atoms with Gasteiger partial charge in [0, 0.05) is 9.85 Å². The Morgan fingerprint density at radius 3 is 2.93 bits per heavy atom. The van der Waals surface area contributed by atoms with E-state index in [0.29, 0.717) is 6.42 Å². The average molecular weight is 278 g/mol. The van der Waals surface area contributed by atoms with Crippen molar-refractivity contribution < 1.29 is 9.90 Å². The van der Waals surface area contributed by atoms with E-state index in [1.165, 1.54) is 11.3 Å². The maximum atomic E-state index is 11.5. The van der Waals surface area contributed by atoms with Crippen molar-refractivity contribution in [3.05, 3.63) is 15.9 Å². The van der Waals surface area contributed by atoms with Gasteiger partial charge in [-0.2, -0.15) is 0 Å². The van der Waals surface area contributed by atoms with Crippen LogP contribution in [0.5, 0.6) is 0 Å². The minimum Gasteiger partial charge on any atom is -0.396 e. The Labute approximate surface area is 95.3 Å². The van der Waals surface area contributed by atoms with Gasteiger partial charge in [0.1, 0.15) is 0 Å². The molecule has 0 spiro atoms. The van der Waals surface area contributed by atoms with Crippen molar-refractivity contribution in [2.45, 2.75) is 13.3 Å². The number of anilines is 1. The molecule has 5 heteroatoms. The fraction of sp³-hybridized carbons (Fsp3) is 0.444. The lowest BCUT2D eigenvalue weighted by Crippen LogP contribution is -2.24. The summed E-state index contributed by atoms with van der Waals surface area (Å²) in [5.74, 6) is -0.430. The summed E-state index contributed by atoms with van der Waals surface area (Å²) < 4.78 is 0.954. The summed E-state index contributed by atoms with van der Waals surface area (Å²) in [5.41, 5.74) is 0. The van der Waals surface area contributed by atoms with Crippen LogP contribution in [0.15, 0.2) is 15.9 Å². The molecule has 1 atom stereocenters. The molecule has 1 aromatic heterocycles. The van der Waals surface area contributed by atoms with Gasteiger partial charge in [0.05, 0.1) is 17.5 Å². The predicted molar refractivity (Wildman–Crippen MR) is 61.5 cm³/mol. The van der Waals surface area contributed by atoms with Crippen molar-refractivity contribution in [1.29, 1.82) is 0 Å². The second-order valence-corrected chi connectivity index (χ2v) is 4.73. The molecule has 0 saturated heterocycles. The average Bonchev–Trinajstić information content (AvgIpc) is 2.53. The van der Waals surface area contributed by atoms with Crippen LogP contribution in [0.2, 0.25) is 0 Å². The van der Waals surface area contributed by atoms with E-state index >= 15 is 0 Å². The van der Waals surface area contributed by atoms with Crippen LogP contribution >= 0.6 is 27.3 Å². The Morgan fingerprint density at radius 2 is 2.50 bits per heavy atom. The molecule has 0 aliphatic heterocycles. The normalized spacial score (nSPS) is 12.5. The first-order valence-electron chi connectivity index (χ1n) is 4.33. The van der Waals surface area contributed by atoms with Gasteiger partial charge in [-0.25, -0.2) is 0 Å². The third-order valence-electron chi connectivity index (χ3n) is 1.90. The molecule has 1 rings (SSSR count). The van der Waals surface area contributed by atoms with E-state index in [1.807, 2.05) is 18.4 Å². The second kappa shape index (κ2) is 5.48. The molecule has 0 saturated carbocycles. The van der Waals surface area contributed by atoms with E-state index in [9.17, 15) is 4.79 Å². The number of thiophene rings is 1. The van der Waals surface area contributed by atoms with Gasteiger partial charge in [0.15, 0.2) is 0 Å². The number of hydrogen-bond donors (Lipinski definition) is 2. The highest BCUT2D eigenvalue weighted by Gasteiger charge is 2.15. The van der Waals surface area contributed by atoms with E-state index in [4.69, 9.17) is 5.11 Å². The lowest BCUT2D eigenvalue weighted by atomic mass is 10.1. The molecule has 0 aliphatic rings. The van der Waals surface area contributed by atoms with Crippen molar-refractivity contribution in [1.82, 2.24) is 0 Å². The summed E-state index contributed by atoms with van der Waals surface area (Å²) in [7, 11) is 0. The summed E-state index contributed by atoms with van der Waals surface area (Å²) in [6, 6.07) is 1.84. The fourth-order valence-corrected chi connectivity index (χ4v) is 2.32. The molecular formula is C9H12BrNO2S. The van der Waals surface area contributed by atoms with E-state index in [-0.39, 0.29) is 18.4 Å². The van der Waals surface area contributed by atoms with Gasteiger partial charge in [0.2, 0.25) is 5.91 Å². The second-order valence-electron chi connectivity index (χ2n) is 2.91. The highest BCUT2D eigenvalue weighted by molar-refractivity contribution is 9.10. The number of carbonyl (C=O) groups excluding carboxylic acids is 1. The van der Waals surface area contributed by atoms with Gasteiger partial charge >= 0.3 is 0 Å². The molecule has 1 amide bonds. The Balaban J connectivity index is 2.56. The summed E-state index contributed by atoms with van der Waals surface area (Å²) in [6.07, 6.45) is 0.648. The first-order valence-corrected chi connectivity index (χ1v) is 6.00. The number of aliphatic hydroxyl groups excluding tert-OH is 1. The summed E-state index contributed by atoms with van der Waals surface area (Å²) in [4.78, 5) is 11.5. The largest absolute Gasteiger partial charge is 0.396 e. The number of aliphatic hydroxyl groups is 1. The molecule has 78 valence electrons. The molecule has 1 unspecified atom stereocenters. The smallest absolute Gasteiger partial charge is 0.230 e. The molecule has 0 radical (unpaired) electrons. The zero-order valence-corrected chi connectivity index (χ0v) is 10.2. The van der Waals surface area contributed by atoms with E-state index in [0.717, 1.165) is 9.47 Å². The summed E-state index contributed by atoms with van der Waals surface area (Å²) >= 11 is 4.76. The molecule has 14 heavy (non-hydrogen) atoms. The number of rotatable bonds is 4. The number of halogens is 1. The number of amides is 1. The molecule has 1 aromatic rings. The van der Waals surface area contributed by atoms with E-state index < -0.39 is 0 Å². The van der Waals surface area contributed by atoms with Gasteiger partial charge in [-0.1, -0.05) is 6.92 Å². The van der Waals surface area contributed by atoms with Crippen molar-refractivity contribution in [2.24, 2.45) is 5.92 Å². The molecular weight excluding hydrogens is 266 g/mol. The van der Waals surface area contributed by atoms with Gasteiger partial charge in [-0.05, 0) is 28.4 Å². The number of nitrogens with one attached hydrogen (secondary N) is 1. The molecule has 3 nitrogen and oxygen atoms in total. The van der Waals surface area contributed by atoms with Gasteiger partial charge in [-0.15, -0.1) is 11.3 Å². The maximum absolute atomic E-state index is 11.5. The first-order chi connectivity index (χ1) is 6.67. The zero-order valence-electron chi connectivity index (χ0n) is 7.79. The van der Waals surface area contributed by atoms with Crippen LogP contribution in [0, 0.1) is 5.92 Å². The van der Waals surface area contributed by atoms with Crippen LogP contribution in [0.4, 0.5) is 5.00 Å². The minimum absolute atomic E-state index is 0.102. The summed E-state index contributed by atoms with van der Waals surface area (Å²) in [6.45, 7) is 1.78. The molecule has 0 fully saturated rings. The predicted octanol–water partition coefficient (Wildman–Crippen LogP) is 2.47. The van der Waals surface area contributed by atoms with Crippen molar-refractivity contribution in [2.75, 3.05) is 11.9 Å². The molecule has 1 heterocycles. The highest BCUT2D eigenvalue weighted by Crippen LogP contribution is 2.24. The molecule has 0 aromatic carbocycles. The summed E-state index contributed by atoms with van der Waals surface area (Å²) in [5, 5.41) is 14.4. The Bertz CT molecular complexity index is 310. The van der Waals surface area contributed by atoms with Crippen LogP contribution in [0.1, 0.15) is 13.3 Å². The quantitative estimate of drug-likeness (QED) is 0.888. The van der Waals surface area contributed by atoms with Crippen LogP contribution in [0.3, 0.4) is 0 Å². The molecule has 0 bridgehead atoms. The van der Waals surface area contributed by atoms with Crippen LogP contribution in [-0.4, -0.2) is 17.6 Å². The number of hydrogen-bond acceptors (Lipinski definition) is 3. The van der Waals surface area contributed by atoms with E-state index in [2.05, 4.69) is 21.2 Å². The van der Waals surface area contributed by atoms with Crippen LogP contribution in [-0.2, 0) is 4.79 Å². The van der Waals surface area contributed by atoms with Crippen molar-refractivity contribution in [3.63, 3.8) is 0 Å². The van der Waals surface area contributed by atoms with E-state index in [1.54, 1.807) is 0 Å². The monoisotopic (exact) mass is 277 g/mol. The Morgan fingerprint density at radius 1 is 1.79 bits per heavy atom. The topological polar surface area (TPSA) is 49.3 Å². The SMILES string of the molecule is CCC(CO)C(=O)Nc1cc(Br)cs1. The lowest BCUT2D eigenvalue weighted by Gasteiger charge is -2.10. The third-order valence-corrected chi connectivity index (χ3v) is 3.50. The van der Waals surface area contributed by atoms with Crippen LogP contribution in [0.25, 0.3) is 0 Å². The van der Waals surface area contributed by atoms with Crippen molar-refractivity contribution in [3.8, 4) is 0 Å². The molecule has 0 aliphatic carbocycles. The van der Waals surface area contributed by atoms with Crippen molar-refractivity contribution >= 4 is 38.2 Å². The third kappa shape index (κ3) is 3.08. The minimum atomic E-state index is -0.309. The Hall–Kier alpha value is -0.390. The maximum Gasteiger partial charge on any atom is 0.230 e. The Kier molecular flexibility index (Phi) is 4.57. The van der Waals surface area contributed by atoms with Gasteiger partial charge in [0.25, 0.3) is 0 Å². The first kappa shape index (κ1) is 11.7. The zero-order chi connectivity index (χ0) is 10.6. The van der Waals surface area contributed by atoms with Gasteiger partial charge in [-0.3, -0.25) is 4.79 Å². The highest BCUT2D eigenvalue weighted by atomic mass is 79.9. The molecule has 2 N–H and O–H groups in total. The fourth-order valence-electron chi connectivity index (χ4n) is 0.999. The lowest BCUT2D eigenvalue weighted by molar-refractivity contribution is -0.121. The van der Waals surface area contributed by atoms with Crippen LogP contribution < -0.4 is 5.32 Å². The number of carbonyl (C=O) groups is 1. The standard InChI is InChI=1S/C9H12BrNO2S/c1-2-6(4-12)9(13)11-8-3-7(10)5-14-8/h3,5-6,12H,2,4H2,1H3,(H,11,13).